The summed E-state index contributed by atoms with van der Waals surface area (Å²) < 4.78 is 1.02. The van der Waals surface area contributed by atoms with Gasteiger partial charge in [0.15, 0.2) is 0 Å². The monoisotopic (exact) mass is 383 g/mol. The highest BCUT2D eigenvalue weighted by molar-refractivity contribution is 9.10. The number of benzene rings is 2. The number of rotatable bonds is 4. The van der Waals surface area contributed by atoms with Crippen molar-refractivity contribution in [2.75, 3.05) is 11.1 Å². The van der Waals surface area contributed by atoms with Crippen molar-refractivity contribution >= 4 is 50.9 Å². The molecule has 0 radical (unpaired) electrons. The van der Waals surface area contributed by atoms with E-state index in [1.54, 1.807) is 0 Å². The van der Waals surface area contributed by atoms with Crippen molar-refractivity contribution in [3.8, 4) is 0 Å². The third-order valence-corrected chi connectivity index (χ3v) is 4.67. The van der Waals surface area contributed by atoms with Crippen LogP contribution in [0.25, 0.3) is 0 Å². The number of aryl methyl sites for hydroxylation is 2. The Morgan fingerprint density at radius 2 is 1.76 bits per heavy atom. The third-order valence-electron chi connectivity index (χ3n) is 2.95. The van der Waals surface area contributed by atoms with Gasteiger partial charge in [-0.2, -0.15) is 0 Å². The van der Waals surface area contributed by atoms with Crippen molar-refractivity contribution in [1.82, 2.24) is 0 Å². The number of anilines is 1. The standard InChI is InChI=1S/C16H15BrClNOS/c1-10-7-12(17)8-11(2)16(10)19-15(20)9-21-14-5-3-13(18)4-6-14/h3-8H,9H2,1-2H3,(H,19,20). The van der Waals surface area contributed by atoms with E-state index in [0.717, 1.165) is 26.2 Å². The number of nitrogens with one attached hydrogen (secondary N) is 1. The highest BCUT2D eigenvalue weighted by atomic mass is 79.9. The van der Waals surface area contributed by atoms with Gasteiger partial charge in [0, 0.05) is 20.1 Å². The molecule has 0 aromatic heterocycles. The predicted octanol–water partition coefficient (Wildman–Crippen LogP) is 5.45. The number of carbonyl (C=O) groups is 1. The van der Waals surface area contributed by atoms with E-state index in [9.17, 15) is 4.79 Å². The zero-order chi connectivity index (χ0) is 15.4. The minimum Gasteiger partial charge on any atom is -0.325 e. The summed E-state index contributed by atoms with van der Waals surface area (Å²) in [6.07, 6.45) is 0. The second-order valence-corrected chi connectivity index (χ2v) is 7.11. The smallest absolute Gasteiger partial charge is 0.234 e. The first kappa shape index (κ1) is 16.4. The van der Waals surface area contributed by atoms with Crippen LogP contribution in [0.1, 0.15) is 11.1 Å². The Hall–Kier alpha value is -0.970. The van der Waals surface area contributed by atoms with E-state index in [4.69, 9.17) is 11.6 Å². The van der Waals surface area contributed by atoms with E-state index in [0.29, 0.717) is 10.8 Å². The van der Waals surface area contributed by atoms with Gasteiger partial charge in [-0.3, -0.25) is 4.79 Å². The van der Waals surface area contributed by atoms with E-state index in [-0.39, 0.29) is 5.91 Å². The molecule has 5 heteroatoms. The summed E-state index contributed by atoms with van der Waals surface area (Å²) in [5.74, 6) is 0.361. The Morgan fingerprint density at radius 1 is 1.19 bits per heavy atom. The largest absolute Gasteiger partial charge is 0.325 e. The molecule has 2 aromatic rings. The molecule has 0 saturated heterocycles. The molecule has 0 fully saturated rings. The van der Waals surface area contributed by atoms with Crippen LogP contribution in [0, 0.1) is 13.8 Å². The summed E-state index contributed by atoms with van der Waals surface area (Å²) in [6.45, 7) is 3.97. The molecule has 0 heterocycles. The minimum absolute atomic E-state index is 0.0107. The molecule has 110 valence electrons. The van der Waals surface area contributed by atoms with Crippen molar-refractivity contribution < 1.29 is 4.79 Å². The Labute approximate surface area is 142 Å². The molecule has 0 spiro atoms. The van der Waals surface area contributed by atoms with Gasteiger partial charge in [-0.15, -0.1) is 11.8 Å². The van der Waals surface area contributed by atoms with Crippen molar-refractivity contribution in [2.45, 2.75) is 18.7 Å². The molecule has 0 aliphatic rings. The number of thioether (sulfide) groups is 1. The van der Waals surface area contributed by atoms with Gasteiger partial charge in [0.25, 0.3) is 0 Å². The maximum atomic E-state index is 12.1. The molecule has 2 nitrogen and oxygen atoms in total. The second-order valence-electron chi connectivity index (χ2n) is 4.71. The Bertz CT molecular complexity index is 635. The number of hydrogen-bond donors (Lipinski definition) is 1. The summed E-state index contributed by atoms with van der Waals surface area (Å²) in [5, 5.41) is 3.68. The summed E-state index contributed by atoms with van der Waals surface area (Å²) in [4.78, 5) is 13.1. The lowest BCUT2D eigenvalue weighted by Gasteiger charge is -2.12. The van der Waals surface area contributed by atoms with E-state index >= 15 is 0 Å². The van der Waals surface area contributed by atoms with Crippen molar-refractivity contribution in [3.05, 3.63) is 57.0 Å². The van der Waals surface area contributed by atoms with Crippen LogP contribution in [0.2, 0.25) is 5.02 Å². The number of halogens is 2. The molecular formula is C16H15BrClNOS. The molecule has 0 bridgehead atoms. The number of carbonyl (C=O) groups excluding carboxylic acids is 1. The molecule has 0 aliphatic heterocycles. The third kappa shape index (κ3) is 4.77. The normalized spacial score (nSPS) is 10.5. The van der Waals surface area contributed by atoms with E-state index in [2.05, 4.69) is 21.2 Å². The molecule has 1 amide bonds. The molecule has 0 saturated carbocycles. The molecule has 21 heavy (non-hydrogen) atoms. The van der Waals surface area contributed by atoms with Gasteiger partial charge in [-0.1, -0.05) is 27.5 Å². The maximum Gasteiger partial charge on any atom is 0.234 e. The van der Waals surface area contributed by atoms with Gasteiger partial charge in [-0.05, 0) is 61.4 Å². The lowest BCUT2D eigenvalue weighted by molar-refractivity contribution is -0.113. The first-order valence-electron chi connectivity index (χ1n) is 6.40. The first-order chi connectivity index (χ1) is 9.95. The van der Waals surface area contributed by atoms with Crippen LogP contribution in [-0.2, 0) is 4.79 Å². The fourth-order valence-electron chi connectivity index (χ4n) is 1.96. The maximum absolute atomic E-state index is 12.1. The Kier molecular flexibility index (Phi) is 5.73. The average molecular weight is 385 g/mol. The van der Waals surface area contributed by atoms with Gasteiger partial charge in [0.05, 0.1) is 5.75 Å². The van der Waals surface area contributed by atoms with E-state index < -0.39 is 0 Å². The van der Waals surface area contributed by atoms with Crippen LogP contribution in [0.5, 0.6) is 0 Å². The summed E-state index contributed by atoms with van der Waals surface area (Å²) in [5.41, 5.74) is 2.98. The topological polar surface area (TPSA) is 29.1 Å². The molecule has 0 unspecified atom stereocenters. The van der Waals surface area contributed by atoms with Gasteiger partial charge in [-0.25, -0.2) is 0 Å². The molecular weight excluding hydrogens is 370 g/mol. The molecule has 0 aliphatic carbocycles. The van der Waals surface area contributed by atoms with Gasteiger partial charge in [0.2, 0.25) is 5.91 Å². The quantitative estimate of drug-likeness (QED) is 0.710. The van der Waals surface area contributed by atoms with E-state index in [1.165, 1.54) is 11.8 Å². The van der Waals surface area contributed by atoms with Crippen molar-refractivity contribution in [2.24, 2.45) is 0 Å². The fraction of sp³-hybridized carbons (Fsp3) is 0.188. The zero-order valence-electron chi connectivity index (χ0n) is 11.7. The van der Waals surface area contributed by atoms with Gasteiger partial charge in [0.1, 0.15) is 0 Å². The van der Waals surface area contributed by atoms with Crippen molar-refractivity contribution in [3.63, 3.8) is 0 Å². The SMILES string of the molecule is Cc1cc(Br)cc(C)c1NC(=O)CSc1ccc(Cl)cc1. The zero-order valence-corrected chi connectivity index (χ0v) is 14.9. The van der Waals surface area contributed by atoms with Crippen LogP contribution in [0.15, 0.2) is 45.8 Å². The lowest BCUT2D eigenvalue weighted by Crippen LogP contribution is -2.15. The summed E-state index contributed by atoms with van der Waals surface area (Å²) in [7, 11) is 0. The predicted molar refractivity (Wildman–Crippen MR) is 94.4 cm³/mol. The summed E-state index contributed by atoms with van der Waals surface area (Å²) >= 11 is 10.8. The highest BCUT2D eigenvalue weighted by Gasteiger charge is 2.09. The number of amides is 1. The van der Waals surface area contributed by atoms with Crippen LogP contribution < -0.4 is 5.32 Å². The minimum atomic E-state index is -0.0107. The van der Waals surface area contributed by atoms with Crippen LogP contribution in [0.3, 0.4) is 0 Å². The number of hydrogen-bond acceptors (Lipinski definition) is 2. The van der Waals surface area contributed by atoms with E-state index in [1.807, 2.05) is 50.2 Å². The highest BCUT2D eigenvalue weighted by Crippen LogP contribution is 2.26. The molecule has 2 rings (SSSR count). The second kappa shape index (κ2) is 7.34. The molecule has 0 atom stereocenters. The van der Waals surface area contributed by atoms with Crippen LogP contribution in [0.4, 0.5) is 5.69 Å². The fourth-order valence-corrected chi connectivity index (χ4v) is 3.47. The average Bonchev–Trinajstić information content (AvgIpc) is 2.42. The first-order valence-corrected chi connectivity index (χ1v) is 8.56. The van der Waals surface area contributed by atoms with Crippen LogP contribution in [-0.4, -0.2) is 11.7 Å². The lowest BCUT2D eigenvalue weighted by atomic mass is 10.1. The van der Waals surface area contributed by atoms with Gasteiger partial charge >= 0.3 is 0 Å². The molecule has 1 N–H and O–H groups in total. The van der Waals surface area contributed by atoms with Gasteiger partial charge < -0.3 is 5.32 Å². The Balaban J connectivity index is 1.97. The molecule has 2 aromatic carbocycles. The van der Waals surface area contributed by atoms with Crippen LogP contribution >= 0.6 is 39.3 Å². The Morgan fingerprint density at radius 3 is 2.33 bits per heavy atom. The summed E-state index contributed by atoms with van der Waals surface area (Å²) in [6, 6.07) is 11.5. The van der Waals surface area contributed by atoms with Crippen molar-refractivity contribution in [1.29, 1.82) is 0 Å².